The van der Waals surface area contributed by atoms with Crippen LogP contribution < -0.4 is 0 Å². The van der Waals surface area contributed by atoms with E-state index in [4.69, 9.17) is 24.5 Å². The zero-order chi connectivity index (χ0) is 17.6. The maximum Gasteiger partial charge on any atom is 0.303 e. The first-order valence-electron chi connectivity index (χ1n) is 6.39. The summed E-state index contributed by atoms with van der Waals surface area (Å²) in [6.45, 7) is 2.83. The molecule has 4 atom stereocenters. The van der Waals surface area contributed by atoms with Gasteiger partial charge in [0.1, 0.15) is 6.07 Å². The van der Waals surface area contributed by atoms with E-state index in [1.165, 1.54) is 0 Å². The van der Waals surface area contributed by atoms with Crippen molar-refractivity contribution < 1.29 is 33.3 Å². The molecule has 0 N–H and O–H groups in total. The Morgan fingerprint density at radius 2 is 1.78 bits per heavy atom. The van der Waals surface area contributed by atoms with Crippen LogP contribution in [0.2, 0.25) is 0 Å². The smallest absolute Gasteiger partial charge is 0.303 e. The molecule has 0 amide bonds. The van der Waals surface area contributed by atoms with Gasteiger partial charge in [-0.2, -0.15) is 5.26 Å². The van der Waals surface area contributed by atoms with Gasteiger partial charge < -0.3 is 18.9 Å². The van der Waals surface area contributed by atoms with Gasteiger partial charge in [-0.15, -0.1) is 0 Å². The van der Waals surface area contributed by atoms with Crippen LogP contribution in [0.1, 0.15) is 20.8 Å². The molecule has 0 saturated carbocycles. The average molecular weight is 326 g/mol. The van der Waals surface area contributed by atoms with Gasteiger partial charge >= 0.3 is 17.9 Å². The van der Waals surface area contributed by atoms with Crippen LogP contribution in [0, 0.1) is 11.3 Å². The highest BCUT2D eigenvalue weighted by Gasteiger charge is 2.56. The highest BCUT2D eigenvalue weighted by atomic mass is 16.7. The van der Waals surface area contributed by atoms with Crippen LogP contribution in [-0.4, -0.2) is 48.6 Å². The minimum atomic E-state index is -2.25. The third kappa shape index (κ3) is 4.32. The molecule has 1 heterocycles. The Bertz CT molecular complexity index is 595. The van der Waals surface area contributed by atoms with E-state index in [1.807, 2.05) is 0 Å². The monoisotopic (exact) mass is 326 g/mol. The second-order valence-electron chi connectivity index (χ2n) is 4.56. The van der Waals surface area contributed by atoms with Crippen LogP contribution in [0.3, 0.4) is 0 Å². The van der Waals surface area contributed by atoms with Crippen molar-refractivity contribution in [3.63, 3.8) is 0 Å². The number of carbonyl (C=O) groups is 3. The van der Waals surface area contributed by atoms with E-state index in [1.54, 1.807) is 6.07 Å². The number of hydrogen-bond donors (Lipinski definition) is 0. The molecule has 0 aromatic carbocycles. The van der Waals surface area contributed by atoms with E-state index in [0.29, 0.717) is 0 Å². The Morgan fingerprint density at radius 3 is 2.22 bits per heavy atom. The number of rotatable bonds is 4. The second kappa shape index (κ2) is 7.44. The third-order valence-electron chi connectivity index (χ3n) is 2.78. The normalized spacial score (nSPS) is 29.4. The molecule has 1 aliphatic rings. The number of hydrogen-bond acceptors (Lipinski definition) is 9. The molecule has 11 nitrogen and oxygen atoms in total. The van der Waals surface area contributed by atoms with Crippen LogP contribution >= 0.6 is 0 Å². The molecule has 0 radical (unpaired) electrons. The first kappa shape index (κ1) is 18.2. The molecular weight excluding hydrogens is 312 g/mol. The summed E-state index contributed by atoms with van der Waals surface area (Å²) in [4.78, 5) is 36.3. The minimum Gasteiger partial charge on any atom is -0.456 e. The van der Waals surface area contributed by atoms with E-state index in [2.05, 4.69) is 10.0 Å². The first-order valence-corrected chi connectivity index (χ1v) is 6.39. The summed E-state index contributed by atoms with van der Waals surface area (Å²) in [5, 5.41) is 12.5. The predicted octanol–water partition coefficient (Wildman–Crippen LogP) is 0.342. The van der Waals surface area contributed by atoms with Crippen LogP contribution in [0.4, 0.5) is 0 Å². The molecule has 0 aliphatic carbocycles. The minimum absolute atomic E-state index is 0.401. The molecular formula is C12H14N4O7. The number of ether oxygens (including phenoxy) is 4. The molecule has 4 unspecified atom stereocenters. The SMILES string of the molecule is CC(=O)OC1COC(C#N)(N=[N+]=[N-])C(OC(C)=O)C1OC(C)=O. The topological polar surface area (TPSA) is 161 Å². The summed E-state index contributed by atoms with van der Waals surface area (Å²) in [7, 11) is 0. The van der Waals surface area contributed by atoms with Crippen LogP contribution in [0.5, 0.6) is 0 Å². The summed E-state index contributed by atoms with van der Waals surface area (Å²) < 4.78 is 20.1. The Balaban J connectivity index is 3.32. The fraction of sp³-hybridized carbons (Fsp3) is 0.667. The summed E-state index contributed by atoms with van der Waals surface area (Å²) in [6.07, 6.45) is -4.13. The van der Waals surface area contributed by atoms with Crippen molar-refractivity contribution in [3.8, 4) is 6.07 Å². The van der Waals surface area contributed by atoms with E-state index < -0.39 is 48.6 Å². The van der Waals surface area contributed by atoms with Gasteiger partial charge in [0.25, 0.3) is 5.72 Å². The fourth-order valence-electron chi connectivity index (χ4n) is 2.04. The van der Waals surface area contributed by atoms with Crippen molar-refractivity contribution in [1.82, 2.24) is 0 Å². The molecule has 1 aliphatic heterocycles. The van der Waals surface area contributed by atoms with Crippen LogP contribution in [-0.2, 0) is 33.3 Å². The van der Waals surface area contributed by atoms with E-state index in [0.717, 1.165) is 20.8 Å². The van der Waals surface area contributed by atoms with Crippen LogP contribution in [0.25, 0.3) is 10.4 Å². The highest BCUT2D eigenvalue weighted by molar-refractivity contribution is 5.68. The van der Waals surface area contributed by atoms with E-state index in [9.17, 15) is 19.6 Å². The van der Waals surface area contributed by atoms with Gasteiger partial charge in [0.15, 0.2) is 18.3 Å². The Morgan fingerprint density at radius 1 is 1.22 bits per heavy atom. The van der Waals surface area contributed by atoms with Gasteiger partial charge in [-0.1, -0.05) is 0 Å². The third-order valence-corrected chi connectivity index (χ3v) is 2.78. The molecule has 0 aromatic rings. The lowest BCUT2D eigenvalue weighted by atomic mass is 9.95. The number of carbonyl (C=O) groups excluding carboxylic acids is 3. The summed E-state index contributed by atoms with van der Waals surface area (Å²) in [5.41, 5.74) is 6.39. The average Bonchev–Trinajstić information content (AvgIpc) is 2.44. The zero-order valence-corrected chi connectivity index (χ0v) is 12.6. The van der Waals surface area contributed by atoms with Gasteiger partial charge in [0.05, 0.1) is 6.61 Å². The maximum atomic E-state index is 11.3. The van der Waals surface area contributed by atoms with Crippen LogP contribution in [0.15, 0.2) is 5.11 Å². The van der Waals surface area contributed by atoms with Gasteiger partial charge in [-0.05, 0) is 10.6 Å². The molecule has 23 heavy (non-hydrogen) atoms. The number of nitriles is 1. The summed E-state index contributed by atoms with van der Waals surface area (Å²) in [5.74, 6) is -2.32. The van der Waals surface area contributed by atoms with Crippen molar-refractivity contribution in [2.75, 3.05) is 6.61 Å². The lowest BCUT2D eigenvalue weighted by Crippen LogP contribution is -2.62. The summed E-state index contributed by atoms with van der Waals surface area (Å²) in [6, 6.07) is 1.60. The van der Waals surface area contributed by atoms with Crippen molar-refractivity contribution in [2.24, 2.45) is 5.11 Å². The molecule has 0 spiro atoms. The molecule has 0 bridgehead atoms. The van der Waals surface area contributed by atoms with Crippen molar-refractivity contribution in [1.29, 1.82) is 5.26 Å². The number of nitrogens with zero attached hydrogens (tertiary/aromatic N) is 4. The standard InChI is InChI=1S/C12H14N4O7/c1-6(17)21-9-4-20-12(5-13,15-16-14)11(23-8(3)19)10(9)22-7(2)18/h9-11H,4H2,1-3H3. The molecule has 1 rings (SSSR count). The predicted molar refractivity (Wildman–Crippen MR) is 70.1 cm³/mol. The number of azide groups is 1. The Kier molecular flexibility index (Phi) is 5.89. The van der Waals surface area contributed by atoms with E-state index in [-0.39, 0.29) is 0 Å². The Labute approximate surface area is 130 Å². The first-order chi connectivity index (χ1) is 10.8. The van der Waals surface area contributed by atoms with Gasteiger partial charge in [0.2, 0.25) is 0 Å². The fourth-order valence-corrected chi connectivity index (χ4v) is 2.04. The largest absolute Gasteiger partial charge is 0.456 e. The molecule has 11 heteroatoms. The molecule has 1 saturated heterocycles. The van der Waals surface area contributed by atoms with E-state index >= 15 is 0 Å². The lowest BCUT2D eigenvalue weighted by molar-refractivity contribution is -0.240. The lowest BCUT2D eigenvalue weighted by Gasteiger charge is -2.42. The number of esters is 3. The van der Waals surface area contributed by atoms with Crippen molar-refractivity contribution in [3.05, 3.63) is 10.4 Å². The van der Waals surface area contributed by atoms with Crippen molar-refractivity contribution >= 4 is 17.9 Å². The van der Waals surface area contributed by atoms with Gasteiger partial charge in [-0.3, -0.25) is 14.4 Å². The van der Waals surface area contributed by atoms with Crippen molar-refractivity contribution in [2.45, 2.75) is 44.8 Å². The van der Waals surface area contributed by atoms with Gasteiger partial charge in [-0.25, -0.2) is 0 Å². The maximum absolute atomic E-state index is 11.3. The van der Waals surface area contributed by atoms with Gasteiger partial charge in [0, 0.05) is 25.7 Å². The molecule has 1 fully saturated rings. The summed E-state index contributed by atoms with van der Waals surface area (Å²) >= 11 is 0. The quantitative estimate of drug-likeness (QED) is 0.235. The highest BCUT2D eigenvalue weighted by Crippen LogP contribution is 2.33. The second-order valence-corrected chi connectivity index (χ2v) is 4.56. The molecule has 0 aromatic heterocycles. The zero-order valence-electron chi connectivity index (χ0n) is 12.6. The Hall–Kier alpha value is -2.83. The molecule has 124 valence electrons.